The molecule has 1 saturated heterocycles. The Morgan fingerprint density at radius 1 is 1.41 bits per heavy atom. The lowest BCUT2D eigenvalue weighted by molar-refractivity contribution is 0.0946. The van der Waals surface area contributed by atoms with E-state index in [1.807, 2.05) is 22.6 Å². The molecule has 0 saturated carbocycles. The molecule has 1 aliphatic heterocycles. The van der Waals surface area contributed by atoms with Crippen LogP contribution in [0.1, 0.15) is 39.0 Å². The second-order valence-corrected chi connectivity index (χ2v) is 6.85. The summed E-state index contributed by atoms with van der Waals surface area (Å²) in [6.07, 6.45) is 15.9. The SMILES string of the molecule is C[C@H](Cn1ccnc1)NC(=O)N1CCC[C@@]2(CC=CCC2)C1. The topological polar surface area (TPSA) is 50.2 Å². The highest BCUT2D eigenvalue weighted by Gasteiger charge is 2.36. The summed E-state index contributed by atoms with van der Waals surface area (Å²) in [5.41, 5.74) is 0.331. The van der Waals surface area contributed by atoms with Crippen molar-refractivity contribution in [2.75, 3.05) is 13.1 Å². The number of allylic oxidation sites excluding steroid dienone is 2. The predicted octanol–water partition coefficient (Wildman–Crippen LogP) is 2.80. The van der Waals surface area contributed by atoms with Gasteiger partial charge in [0.15, 0.2) is 0 Å². The van der Waals surface area contributed by atoms with E-state index in [1.165, 1.54) is 12.8 Å². The van der Waals surface area contributed by atoms with Gasteiger partial charge in [0.25, 0.3) is 0 Å². The van der Waals surface area contributed by atoms with Gasteiger partial charge in [0, 0.05) is 38.1 Å². The maximum Gasteiger partial charge on any atom is 0.317 e. The van der Waals surface area contributed by atoms with Crippen LogP contribution in [0.25, 0.3) is 0 Å². The Morgan fingerprint density at radius 3 is 3.05 bits per heavy atom. The lowest BCUT2D eigenvalue weighted by atomic mass is 9.71. The van der Waals surface area contributed by atoms with Crippen LogP contribution >= 0.6 is 0 Å². The number of nitrogens with one attached hydrogen (secondary N) is 1. The molecule has 1 aromatic rings. The number of carbonyl (C=O) groups is 1. The molecule has 5 nitrogen and oxygen atoms in total. The van der Waals surface area contributed by atoms with Crippen LogP contribution in [0.2, 0.25) is 0 Å². The summed E-state index contributed by atoms with van der Waals surface area (Å²) < 4.78 is 1.99. The van der Waals surface area contributed by atoms with Gasteiger partial charge in [-0.3, -0.25) is 0 Å². The molecule has 1 spiro atoms. The zero-order chi connectivity index (χ0) is 15.4. The average molecular weight is 302 g/mol. The van der Waals surface area contributed by atoms with Crippen LogP contribution in [-0.2, 0) is 6.54 Å². The Kier molecular flexibility index (Phi) is 4.50. The molecule has 0 radical (unpaired) electrons. The van der Waals surface area contributed by atoms with Gasteiger partial charge in [-0.1, -0.05) is 12.2 Å². The van der Waals surface area contributed by atoms with Gasteiger partial charge in [0.05, 0.1) is 6.33 Å². The minimum absolute atomic E-state index is 0.0845. The fourth-order valence-corrected chi connectivity index (χ4v) is 3.75. The molecule has 1 aromatic heterocycles. The molecule has 1 fully saturated rings. The number of nitrogens with zero attached hydrogens (tertiary/aromatic N) is 3. The van der Waals surface area contributed by atoms with Crippen molar-refractivity contribution in [3.8, 4) is 0 Å². The molecule has 2 amide bonds. The molecule has 22 heavy (non-hydrogen) atoms. The summed E-state index contributed by atoms with van der Waals surface area (Å²) >= 11 is 0. The van der Waals surface area contributed by atoms with Crippen LogP contribution < -0.4 is 5.32 Å². The number of aromatic nitrogens is 2. The van der Waals surface area contributed by atoms with Crippen molar-refractivity contribution in [3.05, 3.63) is 30.9 Å². The van der Waals surface area contributed by atoms with Gasteiger partial charge in [-0.15, -0.1) is 0 Å². The summed E-state index contributed by atoms with van der Waals surface area (Å²) in [5, 5.41) is 3.13. The molecule has 2 heterocycles. The molecule has 1 aliphatic carbocycles. The summed E-state index contributed by atoms with van der Waals surface area (Å²) in [4.78, 5) is 18.6. The Labute approximate surface area is 132 Å². The maximum absolute atomic E-state index is 12.5. The van der Waals surface area contributed by atoms with Crippen molar-refractivity contribution in [1.29, 1.82) is 0 Å². The molecular formula is C17H26N4O. The van der Waals surface area contributed by atoms with Gasteiger partial charge in [-0.2, -0.15) is 0 Å². The number of likely N-dealkylation sites (tertiary alicyclic amines) is 1. The van der Waals surface area contributed by atoms with E-state index in [4.69, 9.17) is 0 Å². The highest BCUT2D eigenvalue weighted by atomic mass is 16.2. The van der Waals surface area contributed by atoms with E-state index in [-0.39, 0.29) is 12.1 Å². The minimum atomic E-state index is 0.0845. The number of imidazole rings is 1. The van der Waals surface area contributed by atoms with E-state index in [1.54, 1.807) is 12.5 Å². The second-order valence-electron chi connectivity index (χ2n) is 6.85. The normalized spacial score (nSPS) is 26.1. The van der Waals surface area contributed by atoms with E-state index in [0.29, 0.717) is 5.41 Å². The van der Waals surface area contributed by atoms with Crippen molar-refractivity contribution >= 4 is 6.03 Å². The molecule has 2 atom stereocenters. The molecule has 5 heteroatoms. The number of hydrogen-bond donors (Lipinski definition) is 1. The maximum atomic E-state index is 12.5. The highest BCUT2D eigenvalue weighted by Crippen LogP contribution is 2.40. The fourth-order valence-electron chi connectivity index (χ4n) is 3.75. The summed E-state index contributed by atoms with van der Waals surface area (Å²) in [5.74, 6) is 0. The molecule has 120 valence electrons. The third-order valence-corrected chi connectivity index (χ3v) is 4.92. The Bertz CT molecular complexity index is 525. The molecule has 1 N–H and O–H groups in total. The van der Waals surface area contributed by atoms with Crippen molar-refractivity contribution < 1.29 is 4.79 Å². The van der Waals surface area contributed by atoms with Crippen molar-refractivity contribution in [2.45, 2.75) is 51.6 Å². The molecular weight excluding hydrogens is 276 g/mol. The van der Waals surface area contributed by atoms with Gasteiger partial charge in [0.2, 0.25) is 0 Å². The number of amides is 2. The van der Waals surface area contributed by atoms with Gasteiger partial charge < -0.3 is 14.8 Å². The molecule has 0 aromatic carbocycles. The van der Waals surface area contributed by atoms with Gasteiger partial charge >= 0.3 is 6.03 Å². The lowest BCUT2D eigenvalue weighted by Gasteiger charge is -2.44. The van der Waals surface area contributed by atoms with Crippen LogP contribution in [0, 0.1) is 5.41 Å². The third kappa shape index (κ3) is 3.51. The predicted molar refractivity (Wildman–Crippen MR) is 86.5 cm³/mol. The van der Waals surface area contributed by atoms with E-state index in [9.17, 15) is 4.79 Å². The first-order chi connectivity index (χ1) is 10.7. The minimum Gasteiger partial charge on any atom is -0.335 e. The Morgan fingerprint density at radius 2 is 2.32 bits per heavy atom. The Balaban J connectivity index is 1.54. The summed E-state index contributed by atoms with van der Waals surface area (Å²) in [6, 6.07) is 0.187. The standard InChI is InChI=1S/C17H26N4O/c1-15(12-20-11-9-18-14-20)19-16(22)21-10-5-8-17(13-21)6-3-2-4-7-17/h2-3,9,11,14-15H,4-8,10,12-13H2,1H3,(H,19,22)/t15-,17+/m1/s1. The van der Waals surface area contributed by atoms with E-state index in [0.717, 1.165) is 38.9 Å². The molecule has 0 bridgehead atoms. The highest BCUT2D eigenvalue weighted by molar-refractivity contribution is 5.74. The zero-order valence-corrected chi connectivity index (χ0v) is 13.4. The van der Waals surface area contributed by atoms with Gasteiger partial charge in [0.1, 0.15) is 0 Å². The quantitative estimate of drug-likeness (QED) is 0.873. The van der Waals surface area contributed by atoms with E-state index >= 15 is 0 Å². The van der Waals surface area contributed by atoms with Crippen molar-refractivity contribution in [1.82, 2.24) is 19.8 Å². The van der Waals surface area contributed by atoms with Crippen molar-refractivity contribution in [3.63, 3.8) is 0 Å². The first kappa shape index (κ1) is 15.1. The monoisotopic (exact) mass is 302 g/mol. The Hall–Kier alpha value is -1.78. The zero-order valence-electron chi connectivity index (χ0n) is 13.4. The summed E-state index contributed by atoms with van der Waals surface area (Å²) in [7, 11) is 0. The average Bonchev–Trinajstić information content (AvgIpc) is 3.01. The van der Waals surface area contributed by atoms with E-state index < -0.39 is 0 Å². The largest absolute Gasteiger partial charge is 0.335 e. The number of rotatable bonds is 3. The number of piperidine rings is 1. The fraction of sp³-hybridized carbons (Fsp3) is 0.647. The first-order valence-corrected chi connectivity index (χ1v) is 8.33. The van der Waals surface area contributed by atoms with Crippen LogP contribution in [0.5, 0.6) is 0 Å². The molecule has 3 rings (SSSR count). The second kappa shape index (κ2) is 6.55. The van der Waals surface area contributed by atoms with E-state index in [2.05, 4.69) is 22.5 Å². The van der Waals surface area contributed by atoms with Gasteiger partial charge in [-0.25, -0.2) is 9.78 Å². The van der Waals surface area contributed by atoms with Crippen LogP contribution in [0.3, 0.4) is 0 Å². The summed E-state index contributed by atoms with van der Waals surface area (Å²) in [6.45, 7) is 4.59. The number of hydrogen-bond acceptors (Lipinski definition) is 2. The number of urea groups is 1. The first-order valence-electron chi connectivity index (χ1n) is 8.33. The van der Waals surface area contributed by atoms with Crippen LogP contribution in [0.15, 0.2) is 30.9 Å². The smallest absolute Gasteiger partial charge is 0.317 e. The molecule has 2 aliphatic rings. The van der Waals surface area contributed by atoms with Crippen LogP contribution in [0.4, 0.5) is 4.79 Å². The lowest BCUT2D eigenvalue weighted by Crippen LogP contribution is -2.52. The van der Waals surface area contributed by atoms with Gasteiger partial charge in [-0.05, 0) is 44.4 Å². The number of carbonyl (C=O) groups excluding carboxylic acids is 1. The third-order valence-electron chi connectivity index (χ3n) is 4.92. The molecule has 0 unspecified atom stereocenters. The van der Waals surface area contributed by atoms with Crippen molar-refractivity contribution in [2.24, 2.45) is 5.41 Å². The van der Waals surface area contributed by atoms with Crippen LogP contribution in [-0.4, -0.2) is 39.6 Å².